The molecular formula is C14H31NO. The molecule has 0 aromatic heterocycles. The molecule has 2 heteroatoms. The molecule has 16 heavy (non-hydrogen) atoms. The van der Waals surface area contributed by atoms with Gasteiger partial charge in [0.25, 0.3) is 0 Å². The molecule has 0 aliphatic heterocycles. The summed E-state index contributed by atoms with van der Waals surface area (Å²) in [6, 6.07) is 0.602. The minimum absolute atomic E-state index is 0.426. The van der Waals surface area contributed by atoms with Crippen molar-refractivity contribution in [2.75, 3.05) is 13.2 Å². The van der Waals surface area contributed by atoms with E-state index >= 15 is 0 Å². The summed E-state index contributed by atoms with van der Waals surface area (Å²) in [5.74, 6) is 0. The molecule has 0 aromatic rings. The van der Waals surface area contributed by atoms with Crippen molar-refractivity contribution < 1.29 is 4.74 Å². The van der Waals surface area contributed by atoms with Gasteiger partial charge in [-0.15, -0.1) is 0 Å². The van der Waals surface area contributed by atoms with Crippen molar-refractivity contribution >= 4 is 0 Å². The quantitative estimate of drug-likeness (QED) is 0.545. The molecule has 0 rings (SSSR count). The summed E-state index contributed by atoms with van der Waals surface area (Å²) in [7, 11) is 0. The average Bonchev–Trinajstić information content (AvgIpc) is 2.24. The smallest absolute Gasteiger partial charge is 0.0547 e. The Balaban J connectivity index is 3.15. The first-order valence-electron chi connectivity index (χ1n) is 7.01. The summed E-state index contributed by atoms with van der Waals surface area (Å²) in [6.07, 6.45) is 8.00. The number of hydrogen-bond donors (Lipinski definition) is 1. The fourth-order valence-electron chi connectivity index (χ4n) is 1.68. The number of ether oxygens (including phenoxy) is 1. The first-order valence-corrected chi connectivity index (χ1v) is 7.01. The van der Waals surface area contributed by atoms with Crippen LogP contribution in [0.2, 0.25) is 0 Å². The van der Waals surface area contributed by atoms with E-state index in [9.17, 15) is 0 Å². The van der Waals surface area contributed by atoms with E-state index in [1.54, 1.807) is 0 Å². The molecule has 0 radical (unpaired) electrons. The molecule has 0 aliphatic carbocycles. The van der Waals surface area contributed by atoms with Crippen molar-refractivity contribution in [1.29, 1.82) is 0 Å². The molecule has 0 aliphatic rings. The highest BCUT2D eigenvalue weighted by Gasteiger charge is 2.01. The van der Waals surface area contributed by atoms with Gasteiger partial charge in [-0.3, -0.25) is 0 Å². The lowest BCUT2D eigenvalue weighted by molar-refractivity contribution is 0.0562. The van der Waals surface area contributed by atoms with Gasteiger partial charge in [-0.1, -0.05) is 40.0 Å². The van der Waals surface area contributed by atoms with Crippen LogP contribution in [0, 0.1) is 0 Å². The molecule has 0 saturated carbocycles. The molecule has 98 valence electrons. The van der Waals surface area contributed by atoms with Gasteiger partial charge in [0.2, 0.25) is 0 Å². The van der Waals surface area contributed by atoms with E-state index in [1.807, 2.05) is 0 Å². The van der Waals surface area contributed by atoms with Crippen molar-refractivity contribution in [2.45, 2.75) is 78.4 Å². The van der Waals surface area contributed by atoms with Gasteiger partial charge in [0, 0.05) is 12.6 Å². The molecule has 0 fully saturated rings. The van der Waals surface area contributed by atoms with Gasteiger partial charge in [0.05, 0.1) is 6.10 Å². The lowest BCUT2D eigenvalue weighted by atomic mass is 10.2. The second-order valence-electron chi connectivity index (χ2n) is 4.99. The third kappa shape index (κ3) is 12.0. The maximum atomic E-state index is 5.77. The third-order valence-corrected chi connectivity index (χ3v) is 2.74. The van der Waals surface area contributed by atoms with E-state index < -0.39 is 0 Å². The molecule has 0 heterocycles. The van der Waals surface area contributed by atoms with Gasteiger partial charge >= 0.3 is 0 Å². The highest BCUT2D eigenvalue weighted by Crippen LogP contribution is 2.04. The summed E-state index contributed by atoms with van der Waals surface area (Å²) in [4.78, 5) is 0. The van der Waals surface area contributed by atoms with E-state index in [1.165, 1.54) is 38.5 Å². The highest BCUT2D eigenvalue weighted by atomic mass is 16.5. The molecule has 1 N–H and O–H groups in total. The van der Waals surface area contributed by atoms with Gasteiger partial charge in [-0.2, -0.15) is 0 Å². The Morgan fingerprint density at radius 2 is 1.75 bits per heavy atom. The van der Waals surface area contributed by atoms with Gasteiger partial charge in [0.1, 0.15) is 0 Å². The monoisotopic (exact) mass is 229 g/mol. The number of unbranched alkanes of at least 4 members (excludes halogenated alkanes) is 3. The Hall–Kier alpha value is -0.0800. The first-order chi connectivity index (χ1) is 7.66. The van der Waals surface area contributed by atoms with Crippen LogP contribution in [0.5, 0.6) is 0 Å². The van der Waals surface area contributed by atoms with E-state index in [0.717, 1.165) is 13.2 Å². The van der Waals surface area contributed by atoms with Crippen LogP contribution in [0.25, 0.3) is 0 Å². The highest BCUT2D eigenvalue weighted by molar-refractivity contribution is 4.56. The zero-order chi connectivity index (χ0) is 12.2. The Labute approximate surface area is 102 Å². The lowest BCUT2D eigenvalue weighted by Gasteiger charge is -2.14. The minimum Gasteiger partial charge on any atom is -0.379 e. The number of hydrogen-bond acceptors (Lipinski definition) is 2. The Bertz CT molecular complexity index is 137. The van der Waals surface area contributed by atoms with Crippen molar-refractivity contribution in [3.05, 3.63) is 0 Å². The normalized spacial score (nSPS) is 13.3. The van der Waals surface area contributed by atoms with Gasteiger partial charge < -0.3 is 10.1 Å². The molecule has 0 aromatic carbocycles. The van der Waals surface area contributed by atoms with Crippen molar-refractivity contribution in [3.63, 3.8) is 0 Å². The Morgan fingerprint density at radius 1 is 1.00 bits per heavy atom. The van der Waals surface area contributed by atoms with E-state index in [4.69, 9.17) is 4.74 Å². The summed E-state index contributed by atoms with van der Waals surface area (Å²) in [5.41, 5.74) is 0. The number of rotatable bonds is 11. The van der Waals surface area contributed by atoms with Crippen LogP contribution < -0.4 is 5.32 Å². The molecule has 0 bridgehead atoms. The minimum atomic E-state index is 0.426. The second-order valence-corrected chi connectivity index (χ2v) is 4.99. The Morgan fingerprint density at radius 3 is 2.38 bits per heavy atom. The predicted octanol–water partition coefficient (Wildman–Crippen LogP) is 3.75. The number of nitrogens with one attached hydrogen (secondary N) is 1. The summed E-state index contributed by atoms with van der Waals surface area (Å²) in [5, 5.41) is 3.43. The second kappa shape index (κ2) is 11.4. The molecule has 1 atom stereocenters. The van der Waals surface area contributed by atoms with Crippen molar-refractivity contribution in [1.82, 2.24) is 5.32 Å². The standard InChI is InChI=1S/C14H31NO/c1-5-6-7-8-12-16-14(4)10-9-11-15-13(2)3/h13-15H,5-12H2,1-4H3. The summed E-state index contributed by atoms with van der Waals surface area (Å²) < 4.78 is 5.77. The molecule has 2 nitrogen and oxygen atoms in total. The topological polar surface area (TPSA) is 21.3 Å². The fourth-order valence-corrected chi connectivity index (χ4v) is 1.68. The third-order valence-electron chi connectivity index (χ3n) is 2.74. The lowest BCUT2D eigenvalue weighted by Crippen LogP contribution is -2.24. The maximum Gasteiger partial charge on any atom is 0.0547 e. The van der Waals surface area contributed by atoms with Crippen molar-refractivity contribution in [3.8, 4) is 0 Å². The van der Waals surface area contributed by atoms with Crippen LogP contribution >= 0.6 is 0 Å². The molecule has 1 unspecified atom stereocenters. The van der Waals surface area contributed by atoms with Gasteiger partial charge in [-0.25, -0.2) is 0 Å². The predicted molar refractivity (Wildman–Crippen MR) is 71.9 cm³/mol. The zero-order valence-electron chi connectivity index (χ0n) is 11.7. The van der Waals surface area contributed by atoms with Crippen LogP contribution in [0.3, 0.4) is 0 Å². The van der Waals surface area contributed by atoms with Crippen LogP contribution in [0.4, 0.5) is 0 Å². The summed E-state index contributed by atoms with van der Waals surface area (Å²) in [6.45, 7) is 10.9. The first kappa shape index (κ1) is 15.9. The van der Waals surface area contributed by atoms with Gasteiger partial charge in [-0.05, 0) is 32.7 Å². The largest absolute Gasteiger partial charge is 0.379 e. The molecule has 0 spiro atoms. The molecule has 0 amide bonds. The van der Waals surface area contributed by atoms with Crippen molar-refractivity contribution in [2.24, 2.45) is 0 Å². The fraction of sp³-hybridized carbons (Fsp3) is 1.00. The van der Waals surface area contributed by atoms with Crippen LogP contribution in [-0.2, 0) is 4.74 Å². The maximum absolute atomic E-state index is 5.77. The van der Waals surface area contributed by atoms with Crippen LogP contribution in [-0.4, -0.2) is 25.3 Å². The molecular weight excluding hydrogens is 198 g/mol. The van der Waals surface area contributed by atoms with Crippen LogP contribution in [0.1, 0.15) is 66.2 Å². The average molecular weight is 229 g/mol. The molecule has 0 saturated heterocycles. The summed E-state index contributed by atoms with van der Waals surface area (Å²) >= 11 is 0. The SMILES string of the molecule is CCCCCCOC(C)CCCNC(C)C. The zero-order valence-corrected chi connectivity index (χ0v) is 11.7. The van der Waals surface area contributed by atoms with E-state index in [-0.39, 0.29) is 0 Å². The van der Waals surface area contributed by atoms with Crippen LogP contribution in [0.15, 0.2) is 0 Å². The van der Waals surface area contributed by atoms with E-state index in [2.05, 4.69) is 33.0 Å². The van der Waals surface area contributed by atoms with E-state index in [0.29, 0.717) is 12.1 Å². The Kier molecular flexibility index (Phi) is 11.3. The van der Waals surface area contributed by atoms with Gasteiger partial charge in [0.15, 0.2) is 0 Å².